The van der Waals surface area contributed by atoms with Gasteiger partial charge < -0.3 is 5.32 Å². The SMILES string of the molecule is CCC(CC)NC(=O)C(C)n1cc(Br)cn1. The maximum atomic E-state index is 11.9. The molecule has 0 saturated carbocycles. The molecule has 1 N–H and O–H groups in total. The summed E-state index contributed by atoms with van der Waals surface area (Å²) in [5.74, 6) is 0.0179. The van der Waals surface area contributed by atoms with Crippen molar-refractivity contribution < 1.29 is 4.79 Å². The number of halogens is 1. The quantitative estimate of drug-likeness (QED) is 0.905. The van der Waals surface area contributed by atoms with E-state index in [2.05, 4.69) is 40.2 Å². The molecule has 0 aliphatic carbocycles. The molecule has 0 saturated heterocycles. The van der Waals surface area contributed by atoms with Crippen molar-refractivity contribution in [1.82, 2.24) is 15.1 Å². The van der Waals surface area contributed by atoms with Crippen LogP contribution in [0.15, 0.2) is 16.9 Å². The molecule has 1 heterocycles. The fraction of sp³-hybridized carbons (Fsp3) is 0.636. The molecule has 1 rings (SSSR count). The zero-order valence-corrected chi connectivity index (χ0v) is 11.5. The van der Waals surface area contributed by atoms with Crippen molar-refractivity contribution in [2.75, 3.05) is 0 Å². The molecule has 0 bridgehead atoms. The molecule has 0 aliphatic heterocycles. The van der Waals surface area contributed by atoms with Crippen LogP contribution in [0.25, 0.3) is 0 Å². The number of nitrogens with zero attached hydrogens (tertiary/aromatic N) is 2. The van der Waals surface area contributed by atoms with Gasteiger partial charge in [0, 0.05) is 12.2 Å². The second-order valence-electron chi connectivity index (χ2n) is 3.84. The lowest BCUT2D eigenvalue weighted by atomic mass is 10.1. The maximum absolute atomic E-state index is 11.9. The van der Waals surface area contributed by atoms with Gasteiger partial charge >= 0.3 is 0 Å². The van der Waals surface area contributed by atoms with E-state index < -0.39 is 0 Å². The molecule has 0 aliphatic rings. The van der Waals surface area contributed by atoms with Gasteiger partial charge in [-0.25, -0.2) is 0 Å². The van der Waals surface area contributed by atoms with Gasteiger partial charge in [0.15, 0.2) is 0 Å². The van der Waals surface area contributed by atoms with Crippen LogP contribution >= 0.6 is 15.9 Å². The fourth-order valence-corrected chi connectivity index (χ4v) is 1.76. The van der Waals surface area contributed by atoms with E-state index in [1.165, 1.54) is 0 Å². The first-order valence-corrected chi connectivity index (χ1v) is 6.37. The largest absolute Gasteiger partial charge is 0.352 e. The van der Waals surface area contributed by atoms with Crippen molar-refractivity contribution in [3.8, 4) is 0 Å². The zero-order chi connectivity index (χ0) is 12.1. The third kappa shape index (κ3) is 3.33. The van der Waals surface area contributed by atoms with Crippen molar-refractivity contribution in [3.63, 3.8) is 0 Å². The number of carbonyl (C=O) groups is 1. The molecule has 16 heavy (non-hydrogen) atoms. The summed E-state index contributed by atoms with van der Waals surface area (Å²) in [7, 11) is 0. The molecule has 0 spiro atoms. The van der Waals surface area contributed by atoms with Crippen LogP contribution in [0.5, 0.6) is 0 Å². The van der Waals surface area contributed by atoms with Crippen LogP contribution in [0, 0.1) is 0 Å². The smallest absolute Gasteiger partial charge is 0.244 e. The minimum absolute atomic E-state index is 0.0179. The number of amides is 1. The van der Waals surface area contributed by atoms with Gasteiger partial charge in [0.05, 0.1) is 10.7 Å². The van der Waals surface area contributed by atoms with Crippen LogP contribution in [-0.2, 0) is 4.79 Å². The van der Waals surface area contributed by atoms with Crippen molar-refractivity contribution in [2.24, 2.45) is 0 Å². The topological polar surface area (TPSA) is 46.9 Å². The second kappa shape index (κ2) is 6.03. The Hall–Kier alpha value is -0.840. The van der Waals surface area contributed by atoms with Crippen molar-refractivity contribution in [3.05, 3.63) is 16.9 Å². The Morgan fingerprint density at radius 2 is 2.19 bits per heavy atom. The van der Waals surface area contributed by atoms with Crippen LogP contribution in [0.2, 0.25) is 0 Å². The Bertz CT molecular complexity index is 347. The van der Waals surface area contributed by atoms with Gasteiger partial charge in [-0.05, 0) is 35.7 Å². The summed E-state index contributed by atoms with van der Waals surface area (Å²) >= 11 is 3.31. The lowest BCUT2D eigenvalue weighted by Crippen LogP contribution is -2.38. The number of rotatable bonds is 5. The van der Waals surface area contributed by atoms with Gasteiger partial charge in [-0.2, -0.15) is 5.10 Å². The summed E-state index contributed by atoms with van der Waals surface area (Å²) in [6, 6.07) is -0.0131. The van der Waals surface area contributed by atoms with Crippen LogP contribution in [-0.4, -0.2) is 21.7 Å². The molecule has 1 aromatic rings. The Morgan fingerprint density at radius 3 is 2.62 bits per heavy atom. The third-order valence-electron chi connectivity index (χ3n) is 2.68. The van der Waals surface area contributed by atoms with E-state index in [1.54, 1.807) is 17.1 Å². The standard InChI is InChI=1S/C11H18BrN3O/c1-4-10(5-2)14-11(16)8(3)15-7-9(12)6-13-15/h6-8,10H,4-5H2,1-3H3,(H,14,16). The zero-order valence-electron chi connectivity index (χ0n) is 9.90. The van der Waals surface area contributed by atoms with Crippen LogP contribution in [0.4, 0.5) is 0 Å². The highest BCUT2D eigenvalue weighted by atomic mass is 79.9. The minimum Gasteiger partial charge on any atom is -0.352 e. The van der Waals surface area contributed by atoms with Crippen LogP contribution in [0.1, 0.15) is 39.7 Å². The molecule has 0 radical (unpaired) electrons. The highest BCUT2D eigenvalue weighted by Crippen LogP contribution is 2.12. The first-order valence-electron chi connectivity index (χ1n) is 5.58. The summed E-state index contributed by atoms with van der Waals surface area (Å²) < 4.78 is 2.54. The van der Waals surface area contributed by atoms with Crippen molar-refractivity contribution in [2.45, 2.75) is 45.7 Å². The van der Waals surface area contributed by atoms with E-state index in [4.69, 9.17) is 0 Å². The lowest BCUT2D eigenvalue weighted by molar-refractivity contribution is -0.124. The first-order chi connectivity index (χ1) is 7.58. The Balaban J connectivity index is 2.60. The highest BCUT2D eigenvalue weighted by molar-refractivity contribution is 9.10. The monoisotopic (exact) mass is 287 g/mol. The summed E-state index contributed by atoms with van der Waals surface area (Å²) in [4.78, 5) is 11.9. The number of carbonyl (C=O) groups excluding carboxylic acids is 1. The highest BCUT2D eigenvalue weighted by Gasteiger charge is 2.17. The average molecular weight is 288 g/mol. The Labute approximate surface area is 105 Å². The van der Waals surface area contributed by atoms with Crippen molar-refractivity contribution in [1.29, 1.82) is 0 Å². The predicted octanol–water partition coefficient (Wildman–Crippen LogP) is 2.51. The predicted molar refractivity (Wildman–Crippen MR) is 67.2 cm³/mol. The second-order valence-corrected chi connectivity index (χ2v) is 4.75. The molecule has 4 nitrogen and oxygen atoms in total. The van der Waals surface area contributed by atoms with Gasteiger partial charge in [-0.15, -0.1) is 0 Å². The lowest BCUT2D eigenvalue weighted by Gasteiger charge is -2.18. The third-order valence-corrected chi connectivity index (χ3v) is 3.09. The molecule has 0 aromatic carbocycles. The van der Waals surface area contributed by atoms with Gasteiger partial charge in [-0.1, -0.05) is 13.8 Å². The molecule has 90 valence electrons. The molecule has 1 amide bonds. The summed E-state index contributed by atoms with van der Waals surface area (Å²) in [6.07, 6.45) is 5.40. The molecule has 5 heteroatoms. The summed E-state index contributed by atoms with van der Waals surface area (Å²) in [5, 5.41) is 7.11. The van der Waals surface area contributed by atoms with E-state index in [0.29, 0.717) is 0 Å². The molecular formula is C11H18BrN3O. The molecular weight excluding hydrogens is 270 g/mol. The first kappa shape index (κ1) is 13.2. The van der Waals surface area contributed by atoms with E-state index in [-0.39, 0.29) is 18.0 Å². The molecule has 1 aromatic heterocycles. The fourth-order valence-electron chi connectivity index (χ4n) is 1.46. The normalized spacial score (nSPS) is 12.8. The molecule has 1 atom stereocenters. The van der Waals surface area contributed by atoms with Crippen LogP contribution < -0.4 is 5.32 Å². The maximum Gasteiger partial charge on any atom is 0.244 e. The van der Waals surface area contributed by atoms with Crippen molar-refractivity contribution >= 4 is 21.8 Å². The Kier molecular flexibility index (Phi) is 4.99. The van der Waals surface area contributed by atoms with Gasteiger partial charge in [0.2, 0.25) is 5.91 Å². The summed E-state index contributed by atoms with van der Waals surface area (Å²) in [6.45, 7) is 5.99. The van der Waals surface area contributed by atoms with Gasteiger partial charge in [0.25, 0.3) is 0 Å². The number of hydrogen-bond donors (Lipinski definition) is 1. The van der Waals surface area contributed by atoms with Gasteiger partial charge in [0.1, 0.15) is 6.04 Å². The minimum atomic E-state index is -0.271. The van der Waals surface area contributed by atoms with Crippen LogP contribution in [0.3, 0.4) is 0 Å². The number of aromatic nitrogens is 2. The number of nitrogens with one attached hydrogen (secondary N) is 1. The van der Waals surface area contributed by atoms with E-state index >= 15 is 0 Å². The molecule has 0 fully saturated rings. The summed E-state index contributed by atoms with van der Waals surface area (Å²) in [5.41, 5.74) is 0. The van der Waals surface area contributed by atoms with E-state index in [0.717, 1.165) is 17.3 Å². The average Bonchev–Trinajstić information content (AvgIpc) is 2.71. The van der Waals surface area contributed by atoms with E-state index in [1.807, 2.05) is 6.92 Å². The Morgan fingerprint density at radius 1 is 1.56 bits per heavy atom. The molecule has 1 unspecified atom stereocenters. The van der Waals surface area contributed by atoms with Gasteiger partial charge in [-0.3, -0.25) is 9.48 Å². The number of hydrogen-bond acceptors (Lipinski definition) is 2. The van der Waals surface area contributed by atoms with E-state index in [9.17, 15) is 4.79 Å².